The summed E-state index contributed by atoms with van der Waals surface area (Å²) in [5.41, 5.74) is 2.24. The van der Waals surface area contributed by atoms with Crippen LogP contribution in [-0.2, 0) is 17.8 Å². The number of fused-ring (bicyclic) bond motifs is 1. The molecule has 0 saturated heterocycles. The highest BCUT2D eigenvalue weighted by molar-refractivity contribution is 5.88. The highest BCUT2D eigenvalue weighted by Gasteiger charge is 2.10. The smallest absolute Gasteiger partial charge is 0.234 e. The molecule has 4 heteroatoms. The molecule has 0 unspecified atom stereocenters. The highest BCUT2D eigenvalue weighted by Crippen LogP contribution is 2.28. The van der Waals surface area contributed by atoms with Gasteiger partial charge in [-0.25, -0.2) is 0 Å². The zero-order valence-corrected chi connectivity index (χ0v) is 15.2. The number of nitriles is 1. The van der Waals surface area contributed by atoms with E-state index in [1.54, 1.807) is 0 Å². The lowest BCUT2D eigenvalue weighted by atomic mass is 10.0. The van der Waals surface area contributed by atoms with Crippen LogP contribution in [0.1, 0.15) is 24.0 Å². The van der Waals surface area contributed by atoms with Crippen LogP contribution in [0.15, 0.2) is 66.7 Å². The van der Waals surface area contributed by atoms with Crippen molar-refractivity contribution < 1.29 is 9.53 Å². The predicted octanol–water partition coefficient (Wildman–Crippen LogP) is 4.38. The van der Waals surface area contributed by atoms with Crippen LogP contribution < -0.4 is 10.1 Å². The Bertz CT molecular complexity index is 945. The van der Waals surface area contributed by atoms with Gasteiger partial charge < -0.3 is 10.1 Å². The molecule has 136 valence electrons. The van der Waals surface area contributed by atoms with Crippen molar-refractivity contribution in [3.05, 3.63) is 77.9 Å². The van der Waals surface area contributed by atoms with Gasteiger partial charge in [-0.2, -0.15) is 5.26 Å². The molecule has 27 heavy (non-hydrogen) atoms. The fourth-order valence-corrected chi connectivity index (χ4v) is 3.06. The Balaban J connectivity index is 1.70. The van der Waals surface area contributed by atoms with Crippen molar-refractivity contribution in [3.63, 3.8) is 0 Å². The Hall–Kier alpha value is -3.32. The van der Waals surface area contributed by atoms with Crippen LogP contribution in [0.3, 0.4) is 0 Å². The van der Waals surface area contributed by atoms with E-state index in [0.29, 0.717) is 13.2 Å². The molecule has 0 radical (unpaired) electrons. The molecule has 4 nitrogen and oxygen atoms in total. The lowest BCUT2D eigenvalue weighted by Gasteiger charge is -2.15. The fraction of sp³-hybridized carbons (Fsp3) is 0.217. The van der Waals surface area contributed by atoms with Gasteiger partial charge in [0.1, 0.15) is 12.2 Å². The Morgan fingerprint density at radius 1 is 1.00 bits per heavy atom. The number of hydrogen-bond acceptors (Lipinski definition) is 3. The van der Waals surface area contributed by atoms with Crippen molar-refractivity contribution in [2.24, 2.45) is 0 Å². The van der Waals surface area contributed by atoms with E-state index >= 15 is 0 Å². The molecular formula is C23H22N2O2. The van der Waals surface area contributed by atoms with Gasteiger partial charge in [0.25, 0.3) is 0 Å². The molecule has 0 aromatic heterocycles. The molecule has 0 aliphatic rings. The maximum Gasteiger partial charge on any atom is 0.234 e. The van der Waals surface area contributed by atoms with Gasteiger partial charge >= 0.3 is 0 Å². The topological polar surface area (TPSA) is 62.1 Å². The van der Waals surface area contributed by atoms with Crippen LogP contribution in [0.2, 0.25) is 0 Å². The standard InChI is InChI=1S/C23H22N2O2/c24-15-14-23(26)25-17-21-20-11-5-4-10-19(20)12-13-22(21)27-16-6-9-18-7-2-1-3-8-18/h1-5,7-8,10-13H,6,9,14,16-17H2,(H,25,26). The molecule has 3 aromatic carbocycles. The number of aryl methyl sites for hydroxylation is 1. The van der Waals surface area contributed by atoms with E-state index in [-0.39, 0.29) is 12.3 Å². The van der Waals surface area contributed by atoms with E-state index in [4.69, 9.17) is 10.00 Å². The van der Waals surface area contributed by atoms with E-state index in [1.807, 2.05) is 60.7 Å². The molecule has 0 atom stereocenters. The first-order chi connectivity index (χ1) is 13.3. The Kier molecular flexibility index (Phi) is 6.43. The van der Waals surface area contributed by atoms with Gasteiger partial charge in [-0.3, -0.25) is 4.79 Å². The van der Waals surface area contributed by atoms with Gasteiger partial charge in [0.2, 0.25) is 5.91 Å². The summed E-state index contributed by atoms with van der Waals surface area (Å²) in [5.74, 6) is 0.500. The van der Waals surface area contributed by atoms with Gasteiger partial charge in [-0.15, -0.1) is 0 Å². The maximum absolute atomic E-state index is 11.7. The maximum atomic E-state index is 11.7. The zero-order chi connectivity index (χ0) is 18.9. The molecule has 0 heterocycles. The minimum Gasteiger partial charge on any atom is -0.493 e. The summed E-state index contributed by atoms with van der Waals surface area (Å²) in [6.07, 6.45) is 1.73. The number of amides is 1. The first-order valence-electron chi connectivity index (χ1n) is 9.09. The van der Waals surface area contributed by atoms with Crippen LogP contribution >= 0.6 is 0 Å². The number of carbonyl (C=O) groups is 1. The SMILES string of the molecule is N#CCC(=O)NCc1c(OCCCc2ccccc2)ccc2ccccc12. The van der Waals surface area contributed by atoms with Crippen LogP contribution in [0.25, 0.3) is 10.8 Å². The number of nitrogens with zero attached hydrogens (tertiary/aromatic N) is 1. The van der Waals surface area contributed by atoms with Crippen LogP contribution in [0.4, 0.5) is 0 Å². The third kappa shape index (κ3) is 5.08. The van der Waals surface area contributed by atoms with Crippen molar-refractivity contribution >= 4 is 16.7 Å². The number of hydrogen-bond donors (Lipinski definition) is 1. The lowest BCUT2D eigenvalue weighted by molar-refractivity contribution is -0.120. The van der Waals surface area contributed by atoms with E-state index < -0.39 is 0 Å². The Labute approximate surface area is 159 Å². The zero-order valence-electron chi connectivity index (χ0n) is 15.2. The first-order valence-corrected chi connectivity index (χ1v) is 9.09. The van der Waals surface area contributed by atoms with Crippen molar-refractivity contribution in [2.45, 2.75) is 25.8 Å². The fourth-order valence-electron chi connectivity index (χ4n) is 3.06. The van der Waals surface area contributed by atoms with Crippen LogP contribution in [-0.4, -0.2) is 12.5 Å². The summed E-state index contributed by atoms with van der Waals surface area (Å²) in [7, 11) is 0. The molecule has 3 rings (SSSR count). The van der Waals surface area contributed by atoms with Crippen molar-refractivity contribution in [3.8, 4) is 11.8 Å². The van der Waals surface area contributed by atoms with Gasteiger partial charge in [0.05, 0.1) is 12.7 Å². The molecule has 1 amide bonds. The van der Waals surface area contributed by atoms with Crippen molar-refractivity contribution in [2.75, 3.05) is 6.61 Å². The van der Waals surface area contributed by atoms with Gasteiger partial charge in [-0.05, 0) is 35.2 Å². The van der Waals surface area contributed by atoms with E-state index in [2.05, 4.69) is 17.4 Å². The average Bonchev–Trinajstić information content (AvgIpc) is 2.71. The van der Waals surface area contributed by atoms with Crippen molar-refractivity contribution in [1.82, 2.24) is 5.32 Å². The molecular weight excluding hydrogens is 336 g/mol. The summed E-state index contributed by atoms with van der Waals surface area (Å²) >= 11 is 0. The third-order valence-electron chi connectivity index (χ3n) is 4.41. The number of carbonyl (C=O) groups excluding carboxylic acids is 1. The molecule has 0 saturated carbocycles. The minimum absolute atomic E-state index is 0.141. The third-order valence-corrected chi connectivity index (χ3v) is 4.41. The number of ether oxygens (including phenoxy) is 1. The van der Waals surface area contributed by atoms with Crippen LogP contribution in [0.5, 0.6) is 5.75 Å². The molecule has 0 aliphatic heterocycles. The van der Waals surface area contributed by atoms with E-state index in [0.717, 1.165) is 34.9 Å². The second-order valence-electron chi connectivity index (χ2n) is 6.31. The highest BCUT2D eigenvalue weighted by atomic mass is 16.5. The second kappa shape index (κ2) is 9.40. The summed E-state index contributed by atoms with van der Waals surface area (Å²) in [5, 5.41) is 13.6. The lowest BCUT2D eigenvalue weighted by Crippen LogP contribution is -2.22. The number of benzene rings is 3. The molecule has 0 aliphatic carbocycles. The second-order valence-corrected chi connectivity index (χ2v) is 6.31. The molecule has 1 N–H and O–H groups in total. The average molecular weight is 358 g/mol. The van der Waals surface area contributed by atoms with Gasteiger partial charge in [0.15, 0.2) is 0 Å². The summed E-state index contributed by atoms with van der Waals surface area (Å²) in [6, 6.07) is 24.2. The van der Waals surface area contributed by atoms with Gasteiger partial charge in [0, 0.05) is 12.1 Å². The summed E-state index contributed by atoms with van der Waals surface area (Å²) in [6.45, 7) is 0.947. The minimum atomic E-state index is -0.277. The number of nitrogens with one attached hydrogen (secondary N) is 1. The monoisotopic (exact) mass is 358 g/mol. The van der Waals surface area contributed by atoms with E-state index in [1.165, 1.54) is 5.56 Å². The largest absolute Gasteiger partial charge is 0.493 e. The molecule has 3 aromatic rings. The van der Waals surface area contributed by atoms with Crippen LogP contribution in [0, 0.1) is 11.3 Å². The van der Waals surface area contributed by atoms with Gasteiger partial charge in [-0.1, -0.05) is 60.7 Å². The van der Waals surface area contributed by atoms with Crippen molar-refractivity contribution in [1.29, 1.82) is 5.26 Å². The predicted molar refractivity (Wildman–Crippen MR) is 106 cm³/mol. The van der Waals surface area contributed by atoms with E-state index in [9.17, 15) is 4.79 Å². The summed E-state index contributed by atoms with van der Waals surface area (Å²) < 4.78 is 6.04. The normalized spacial score (nSPS) is 10.3. The molecule has 0 bridgehead atoms. The molecule has 0 fully saturated rings. The Morgan fingerprint density at radius 3 is 2.59 bits per heavy atom. The summed E-state index contributed by atoms with van der Waals surface area (Å²) in [4.78, 5) is 11.7. The first kappa shape index (κ1) is 18.5. The molecule has 0 spiro atoms. The quantitative estimate of drug-likeness (QED) is 0.608. The number of rotatable bonds is 8. The Morgan fingerprint density at radius 2 is 1.78 bits per heavy atom.